The number of methoxy groups -OCH3 is 1. The summed E-state index contributed by atoms with van der Waals surface area (Å²) < 4.78 is 10.2. The van der Waals surface area contributed by atoms with Gasteiger partial charge < -0.3 is 14.6 Å². The molecule has 0 aromatic heterocycles. The average molecular weight is 312 g/mol. The highest BCUT2D eigenvalue weighted by Gasteiger charge is 2.07. The normalized spacial score (nSPS) is 10.8. The molecule has 0 spiro atoms. The van der Waals surface area contributed by atoms with Gasteiger partial charge in [-0.05, 0) is 30.2 Å². The van der Waals surface area contributed by atoms with Gasteiger partial charge in [-0.25, -0.2) is 4.79 Å². The first kappa shape index (κ1) is 16.8. The van der Waals surface area contributed by atoms with Crippen LogP contribution in [0.5, 0.6) is 5.75 Å². The minimum atomic E-state index is -0.425. The zero-order chi connectivity index (χ0) is 16.5. The Morgan fingerprint density at radius 2 is 1.96 bits per heavy atom. The lowest BCUT2D eigenvalue weighted by Crippen LogP contribution is -2.00. The number of ether oxygens (including phenoxy) is 2. The van der Waals surface area contributed by atoms with Crippen molar-refractivity contribution < 1.29 is 19.4 Å². The first-order valence-electron chi connectivity index (χ1n) is 7.40. The number of carbonyl (C=O) groups excluding carboxylic acids is 1. The molecule has 120 valence electrons. The maximum atomic E-state index is 11.5. The van der Waals surface area contributed by atoms with Gasteiger partial charge in [0.05, 0.1) is 25.9 Å². The Labute approximate surface area is 136 Å². The first-order valence-corrected chi connectivity index (χ1v) is 7.40. The highest BCUT2D eigenvalue weighted by Crippen LogP contribution is 2.20. The molecule has 0 radical (unpaired) electrons. The molecule has 1 N–H and O–H groups in total. The Morgan fingerprint density at radius 1 is 1.17 bits per heavy atom. The number of rotatable bonds is 7. The van der Waals surface area contributed by atoms with Gasteiger partial charge in [0.2, 0.25) is 0 Å². The standard InChI is InChI=1S/C19H20O4/c1-22-19(21)17-10-11-18(20)16(13-17)9-5-6-12-23-14-15-7-3-2-4-8-15/h2-5,7-11,13,20H,6,12,14H2,1H3. The van der Waals surface area contributed by atoms with Crippen molar-refractivity contribution in [3.63, 3.8) is 0 Å². The van der Waals surface area contributed by atoms with E-state index in [-0.39, 0.29) is 5.75 Å². The summed E-state index contributed by atoms with van der Waals surface area (Å²) in [6, 6.07) is 14.6. The van der Waals surface area contributed by atoms with Crippen molar-refractivity contribution >= 4 is 12.0 Å². The summed E-state index contributed by atoms with van der Waals surface area (Å²) in [6.45, 7) is 1.17. The SMILES string of the molecule is COC(=O)c1ccc(O)c(C=CCCOCc2ccccc2)c1. The molecule has 0 atom stereocenters. The Balaban J connectivity index is 1.82. The number of aromatic hydroxyl groups is 1. The van der Waals surface area contributed by atoms with E-state index in [9.17, 15) is 9.90 Å². The maximum Gasteiger partial charge on any atom is 0.337 e. The third-order valence-corrected chi connectivity index (χ3v) is 3.29. The molecule has 0 aliphatic carbocycles. The molecule has 2 rings (SSSR count). The van der Waals surface area contributed by atoms with Crippen LogP contribution in [0, 0.1) is 0 Å². The van der Waals surface area contributed by atoms with Gasteiger partial charge in [-0.3, -0.25) is 0 Å². The second kappa shape index (κ2) is 8.76. The molecule has 0 aliphatic rings. The molecule has 2 aromatic rings. The molecule has 4 nitrogen and oxygen atoms in total. The van der Waals surface area contributed by atoms with Crippen molar-refractivity contribution in [1.82, 2.24) is 0 Å². The summed E-state index contributed by atoms with van der Waals surface area (Å²) in [4.78, 5) is 11.5. The summed E-state index contributed by atoms with van der Waals surface area (Å²) in [6.07, 6.45) is 4.39. The Morgan fingerprint density at radius 3 is 2.70 bits per heavy atom. The highest BCUT2D eigenvalue weighted by molar-refractivity contribution is 5.90. The van der Waals surface area contributed by atoms with Gasteiger partial charge in [0, 0.05) is 5.56 Å². The third kappa shape index (κ3) is 5.27. The maximum absolute atomic E-state index is 11.5. The minimum Gasteiger partial charge on any atom is -0.507 e. The zero-order valence-electron chi connectivity index (χ0n) is 13.1. The van der Waals surface area contributed by atoms with Gasteiger partial charge in [-0.1, -0.05) is 42.5 Å². The highest BCUT2D eigenvalue weighted by atomic mass is 16.5. The lowest BCUT2D eigenvalue weighted by atomic mass is 10.1. The molecule has 0 aliphatic heterocycles. The van der Waals surface area contributed by atoms with E-state index in [2.05, 4.69) is 4.74 Å². The van der Waals surface area contributed by atoms with E-state index in [1.807, 2.05) is 36.4 Å². The topological polar surface area (TPSA) is 55.8 Å². The van der Waals surface area contributed by atoms with Crippen LogP contribution < -0.4 is 0 Å². The van der Waals surface area contributed by atoms with Crippen LogP contribution in [0.3, 0.4) is 0 Å². The average Bonchev–Trinajstić information content (AvgIpc) is 2.59. The number of benzene rings is 2. The fourth-order valence-electron chi connectivity index (χ4n) is 2.06. The summed E-state index contributed by atoms with van der Waals surface area (Å²) in [5.74, 6) is -0.301. The van der Waals surface area contributed by atoms with Gasteiger partial charge in [0.15, 0.2) is 0 Å². The third-order valence-electron chi connectivity index (χ3n) is 3.29. The van der Waals surface area contributed by atoms with Crippen molar-refractivity contribution in [2.45, 2.75) is 13.0 Å². The summed E-state index contributed by atoms with van der Waals surface area (Å²) in [5.41, 5.74) is 2.13. The molecular formula is C19H20O4. The second-order valence-corrected chi connectivity index (χ2v) is 4.99. The van der Waals surface area contributed by atoms with Gasteiger partial charge in [0.1, 0.15) is 5.75 Å². The van der Waals surface area contributed by atoms with E-state index < -0.39 is 5.97 Å². The zero-order valence-corrected chi connectivity index (χ0v) is 13.1. The number of hydrogen-bond acceptors (Lipinski definition) is 4. The number of carbonyl (C=O) groups is 1. The van der Waals surface area contributed by atoms with Crippen molar-refractivity contribution in [3.8, 4) is 5.75 Å². The molecule has 0 saturated carbocycles. The molecule has 0 fully saturated rings. The first-order chi connectivity index (χ1) is 11.2. The number of phenols is 1. The lowest BCUT2D eigenvalue weighted by molar-refractivity contribution is 0.0600. The van der Waals surface area contributed by atoms with Crippen molar-refractivity contribution in [2.75, 3.05) is 13.7 Å². The van der Waals surface area contributed by atoms with E-state index in [1.165, 1.54) is 19.2 Å². The van der Waals surface area contributed by atoms with Crippen LogP contribution >= 0.6 is 0 Å². The minimum absolute atomic E-state index is 0.124. The quantitative estimate of drug-likeness (QED) is 0.624. The molecule has 0 heterocycles. The largest absolute Gasteiger partial charge is 0.507 e. The number of phenolic OH excluding ortho intramolecular Hbond substituents is 1. The van der Waals surface area contributed by atoms with Crippen LogP contribution in [-0.4, -0.2) is 24.8 Å². The number of esters is 1. The molecule has 23 heavy (non-hydrogen) atoms. The second-order valence-electron chi connectivity index (χ2n) is 4.99. The molecule has 0 unspecified atom stereocenters. The molecule has 0 saturated heterocycles. The summed E-state index contributed by atoms with van der Waals surface area (Å²) in [5, 5.41) is 9.81. The predicted octanol–water partition coefficient (Wildman–Crippen LogP) is 3.80. The van der Waals surface area contributed by atoms with Crippen LogP contribution in [0.15, 0.2) is 54.6 Å². The Hall–Kier alpha value is -2.59. The van der Waals surface area contributed by atoms with Gasteiger partial charge >= 0.3 is 5.97 Å². The summed E-state index contributed by atoms with van der Waals surface area (Å²) >= 11 is 0. The molecule has 2 aromatic carbocycles. The van der Waals surface area contributed by atoms with E-state index in [0.717, 1.165) is 5.56 Å². The van der Waals surface area contributed by atoms with Crippen LogP contribution in [-0.2, 0) is 16.1 Å². The van der Waals surface area contributed by atoms with Crippen LogP contribution in [0.25, 0.3) is 6.08 Å². The van der Waals surface area contributed by atoms with E-state index in [4.69, 9.17) is 4.74 Å². The van der Waals surface area contributed by atoms with E-state index in [1.54, 1.807) is 12.1 Å². The van der Waals surface area contributed by atoms with E-state index in [0.29, 0.717) is 30.8 Å². The lowest BCUT2D eigenvalue weighted by Gasteiger charge is -2.04. The van der Waals surface area contributed by atoms with Gasteiger partial charge in [0.25, 0.3) is 0 Å². The van der Waals surface area contributed by atoms with Crippen LogP contribution in [0.4, 0.5) is 0 Å². The van der Waals surface area contributed by atoms with Crippen LogP contribution in [0.1, 0.15) is 27.9 Å². The van der Waals surface area contributed by atoms with Crippen molar-refractivity contribution in [3.05, 3.63) is 71.3 Å². The monoisotopic (exact) mass is 312 g/mol. The smallest absolute Gasteiger partial charge is 0.337 e. The predicted molar refractivity (Wildman–Crippen MR) is 89.2 cm³/mol. The number of hydrogen-bond donors (Lipinski definition) is 1. The van der Waals surface area contributed by atoms with Gasteiger partial charge in [-0.2, -0.15) is 0 Å². The van der Waals surface area contributed by atoms with Crippen LogP contribution in [0.2, 0.25) is 0 Å². The molecular weight excluding hydrogens is 292 g/mol. The fourth-order valence-corrected chi connectivity index (χ4v) is 2.06. The van der Waals surface area contributed by atoms with E-state index >= 15 is 0 Å². The fraction of sp³-hybridized carbons (Fsp3) is 0.211. The van der Waals surface area contributed by atoms with Crippen molar-refractivity contribution in [1.29, 1.82) is 0 Å². The summed E-state index contributed by atoms with van der Waals surface area (Å²) in [7, 11) is 1.33. The molecule has 0 bridgehead atoms. The molecule has 0 amide bonds. The molecule has 4 heteroatoms. The Kier molecular flexibility index (Phi) is 6.39. The van der Waals surface area contributed by atoms with Crippen molar-refractivity contribution in [2.24, 2.45) is 0 Å². The van der Waals surface area contributed by atoms with Gasteiger partial charge in [-0.15, -0.1) is 0 Å². The Bertz CT molecular complexity index is 662.